The van der Waals surface area contributed by atoms with Crippen molar-refractivity contribution in [2.75, 3.05) is 0 Å². The minimum Gasteiger partial charge on any atom is -0.307 e. The topological polar surface area (TPSA) is 35.8 Å². The molecule has 6 atom stereocenters. The smallest absolute Gasteiger partial charge is 0.0991 e. The van der Waals surface area contributed by atoms with Crippen molar-refractivity contribution in [3.63, 3.8) is 0 Å². The van der Waals surface area contributed by atoms with Gasteiger partial charge in [-0.1, -0.05) is 18.6 Å². The summed E-state index contributed by atoms with van der Waals surface area (Å²) in [6.45, 7) is 2.26. The van der Waals surface area contributed by atoms with E-state index in [0.29, 0.717) is 6.04 Å². The quantitative estimate of drug-likeness (QED) is 0.907. The van der Waals surface area contributed by atoms with Crippen LogP contribution in [-0.2, 0) is 0 Å². The molecule has 3 aliphatic carbocycles. The van der Waals surface area contributed by atoms with Crippen LogP contribution in [0.2, 0.25) is 0 Å². The minimum atomic E-state index is 0.391. The van der Waals surface area contributed by atoms with Gasteiger partial charge in [-0.25, -0.2) is 0 Å². The van der Waals surface area contributed by atoms with Gasteiger partial charge in [0, 0.05) is 12.1 Å². The molecule has 1 aromatic carbocycles. The second-order valence-corrected chi connectivity index (χ2v) is 7.38. The van der Waals surface area contributed by atoms with Crippen molar-refractivity contribution in [3.05, 3.63) is 35.4 Å². The molecular weight excluding hydrogens is 256 g/mol. The SMILES string of the molecule is CC(NC1CC2CC1C1CCCC21)c1ccc(C#N)cc1. The average Bonchev–Trinajstić information content (AvgIpc) is 3.19. The van der Waals surface area contributed by atoms with E-state index in [9.17, 15) is 0 Å². The van der Waals surface area contributed by atoms with Crippen LogP contribution in [0, 0.1) is 35.0 Å². The highest BCUT2D eigenvalue weighted by molar-refractivity contribution is 5.32. The van der Waals surface area contributed by atoms with Gasteiger partial charge in [0.05, 0.1) is 11.6 Å². The van der Waals surface area contributed by atoms with Crippen molar-refractivity contribution >= 4 is 0 Å². The highest BCUT2D eigenvalue weighted by Gasteiger charge is 2.53. The van der Waals surface area contributed by atoms with Crippen LogP contribution in [0.5, 0.6) is 0 Å². The van der Waals surface area contributed by atoms with Gasteiger partial charge < -0.3 is 5.32 Å². The molecule has 6 unspecified atom stereocenters. The lowest BCUT2D eigenvalue weighted by molar-refractivity contribution is 0.200. The van der Waals surface area contributed by atoms with Crippen LogP contribution in [-0.4, -0.2) is 6.04 Å². The van der Waals surface area contributed by atoms with Crippen molar-refractivity contribution in [1.29, 1.82) is 5.26 Å². The summed E-state index contributed by atoms with van der Waals surface area (Å²) in [4.78, 5) is 0. The Balaban J connectivity index is 1.43. The molecule has 0 amide bonds. The zero-order valence-electron chi connectivity index (χ0n) is 12.8. The summed E-state index contributed by atoms with van der Waals surface area (Å²) in [7, 11) is 0. The van der Waals surface area contributed by atoms with E-state index in [1.54, 1.807) is 0 Å². The number of nitrogens with zero attached hydrogens (tertiary/aromatic N) is 1. The van der Waals surface area contributed by atoms with Crippen LogP contribution < -0.4 is 5.32 Å². The summed E-state index contributed by atoms with van der Waals surface area (Å²) in [5, 5.41) is 12.8. The molecule has 3 saturated carbocycles. The highest BCUT2D eigenvalue weighted by atomic mass is 15.0. The lowest BCUT2D eigenvalue weighted by Gasteiger charge is -2.34. The van der Waals surface area contributed by atoms with Gasteiger partial charge in [-0.3, -0.25) is 0 Å². The summed E-state index contributed by atoms with van der Waals surface area (Å²) >= 11 is 0. The average molecular weight is 280 g/mol. The summed E-state index contributed by atoms with van der Waals surface area (Å²) in [6, 6.07) is 11.4. The maximum Gasteiger partial charge on any atom is 0.0991 e. The molecule has 2 bridgehead atoms. The zero-order chi connectivity index (χ0) is 14.4. The lowest BCUT2D eigenvalue weighted by atomic mass is 9.79. The Morgan fingerprint density at radius 3 is 2.62 bits per heavy atom. The lowest BCUT2D eigenvalue weighted by Crippen LogP contribution is -2.40. The Morgan fingerprint density at radius 2 is 1.86 bits per heavy atom. The van der Waals surface area contributed by atoms with Gasteiger partial charge in [0.15, 0.2) is 0 Å². The van der Waals surface area contributed by atoms with Crippen LogP contribution in [0.1, 0.15) is 56.2 Å². The monoisotopic (exact) mass is 280 g/mol. The molecule has 1 N–H and O–H groups in total. The van der Waals surface area contributed by atoms with Gasteiger partial charge in [-0.05, 0) is 74.0 Å². The standard InChI is InChI=1S/C19H24N2/c1-12(14-7-5-13(11-20)6-8-14)21-19-10-15-9-18(19)17-4-2-3-16(15)17/h5-8,12,15-19,21H,2-4,9-10H2,1H3. The first kappa shape index (κ1) is 13.3. The molecular formula is C19H24N2. The van der Waals surface area contributed by atoms with Crippen molar-refractivity contribution in [2.24, 2.45) is 23.7 Å². The van der Waals surface area contributed by atoms with Gasteiger partial charge in [0.1, 0.15) is 0 Å². The van der Waals surface area contributed by atoms with Crippen molar-refractivity contribution in [2.45, 2.75) is 51.1 Å². The van der Waals surface area contributed by atoms with Crippen LogP contribution in [0.3, 0.4) is 0 Å². The van der Waals surface area contributed by atoms with E-state index in [-0.39, 0.29) is 0 Å². The Bertz CT molecular complexity index is 556. The van der Waals surface area contributed by atoms with Crippen molar-refractivity contribution in [3.8, 4) is 6.07 Å². The van der Waals surface area contributed by atoms with Crippen LogP contribution >= 0.6 is 0 Å². The van der Waals surface area contributed by atoms with Gasteiger partial charge in [-0.15, -0.1) is 0 Å². The second kappa shape index (κ2) is 5.14. The van der Waals surface area contributed by atoms with Crippen molar-refractivity contribution < 1.29 is 0 Å². The second-order valence-electron chi connectivity index (χ2n) is 7.38. The maximum atomic E-state index is 8.89. The molecule has 0 spiro atoms. The molecule has 3 fully saturated rings. The van der Waals surface area contributed by atoms with Gasteiger partial charge >= 0.3 is 0 Å². The summed E-state index contributed by atoms with van der Waals surface area (Å²) in [6.07, 6.45) is 7.33. The maximum absolute atomic E-state index is 8.89. The Hall–Kier alpha value is -1.33. The number of rotatable bonds is 3. The normalized spacial score (nSPS) is 38.2. The van der Waals surface area contributed by atoms with E-state index >= 15 is 0 Å². The molecule has 0 saturated heterocycles. The minimum absolute atomic E-state index is 0.391. The third-order valence-corrected chi connectivity index (χ3v) is 6.43. The molecule has 1 aromatic rings. The third kappa shape index (κ3) is 2.19. The zero-order valence-corrected chi connectivity index (χ0v) is 12.8. The Labute approximate surface area is 127 Å². The molecule has 2 heteroatoms. The fourth-order valence-corrected chi connectivity index (χ4v) is 5.52. The number of nitrogens with one attached hydrogen (secondary N) is 1. The van der Waals surface area contributed by atoms with E-state index in [1.165, 1.54) is 37.7 Å². The highest BCUT2D eigenvalue weighted by Crippen LogP contribution is 2.58. The molecule has 0 aliphatic heterocycles. The first-order valence-electron chi connectivity index (χ1n) is 8.52. The van der Waals surface area contributed by atoms with Gasteiger partial charge in [-0.2, -0.15) is 5.26 Å². The molecule has 0 radical (unpaired) electrons. The molecule has 0 heterocycles. The van der Waals surface area contributed by atoms with Crippen LogP contribution in [0.4, 0.5) is 0 Å². The predicted octanol–water partition coefficient (Wildman–Crippen LogP) is 4.03. The number of nitriles is 1. The number of hydrogen-bond acceptors (Lipinski definition) is 2. The molecule has 2 nitrogen and oxygen atoms in total. The summed E-state index contributed by atoms with van der Waals surface area (Å²) in [5.74, 6) is 4.03. The van der Waals surface area contributed by atoms with E-state index in [2.05, 4.69) is 30.4 Å². The fourth-order valence-electron chi connectivity index (χ4n) is 5.52. The number of benzene rings is 1. The third-order valence-electron chi connectivity index (χ3n) is 6.43. The predicted molar refractivity (Wildman–Crippen MR) is 83.5 cm³/mol. The van der Waals surface area contributed by atoms with E-state index < -0.39 is 0 Å². The molecule has 3 aliphatic rings. The number of fused-ring (bicyclic) bond motifs is 5. The molecule has 0 aromatic heterocycles. The first-order valence-corrected chi connectivity index (χ1v) is 8.52. The molecule has 4 rings (SSSR count). The first-order chi connectivity index (χ1) is 10.3. The van der Waals surface area contributed by atoms with E-state index in [1.807, 2.05) is 12.1 Å². The van der Waals surface area contributed by atoms with Crippen LogP contribution in [0.15, 0.2) is 24.3 Å². The van der Waals surface area contributed by atoms with E-state index in [0.717, 1.165) is 35.3 Å². The van der Waals surface area contributed by atoms with Crippen molar-refractivity contribution in [1.82, 2.24) is 5.32 Å². The van der Waals surface area contributed by atoms with E-state index in [4.69, 9.17) is 5.26 Å². The molecule has 110 valence electrons. The summed E-state index contributed by atoms with van der Waals surface area (Å²) in [5.41, 5.74) is 2.06. The Kier molecular flexibility index (Phi) is 3.27. The van der Waals surface area contributed by atoms with Crippen LogP contribution in [0.25, 0.3) is 0 Å². The Morgan fingerprint density at radius 1 is 1.10 bits per heavy atom. The molecule has 21 heavy (non-hydrogen) atoms. The van der Waals surface area contributed by atoms with Gasteiger partial charge in [0.25, 0.3) is 0 Å². The number of hydrogen-bond donors (Lipinski definition) is 1. The fraction of sp³-hybridized carbons (Fsp3) is 0.632. The van der Waals surface area contributed by atoms with Gasteiger partial charge in [0.2, 0.25) is 0 Å². The summed E-state index contributed by atoms with van der Waals surface area (Å²) < 4.78 is 0. The largest absolute Gasteiger partial charge is 0.307 e.